The second kappa shape index (κ2) is 10.7. The van der Waals surface area contributed by atoms with Crippen LogP contribution in [0, 0.1) is 13.8 Å². The number of rotatable bonds is 9. The standard InChI is InChI=1S/C24H27ClN6O2S/c1-15(2)33-12-6-11-30-23(32)19-10-9-18(25)13-20(19)26-24(30)34-14-21-27-28-29-31(21)22-16(3)7-5-8-17(22)4/h5,7-10,13,15H,6,11-12,14H2,1-4H3. The van der Waals surface area contributed by atoms with Gasteiger partial charge in [0.15, 0.2) is 11.0 Å². The van der Waals surface area contributed by atoms with Gasteiger partial charge < -0.3 is 4.74 Å². The van der Waals surface area contributed by atoms with Gasteiger partial charge in [-0.25, -0.2) is 4.98 Å². The molecule has 4 aromatic rings. The molecule has 8 nitrogen and oxygen atoms in total. The topological polar surface area (TPSA) is 87.7 Å². The Hall–Kier alpha value is -2.75. The molecule has 2 aromatic heterocycles. The summed E-state index contributed by atoms with van der Waals surface area (Å²) in [6, 6.07) is 11.2. The molecule has 0 bridgehead atoms. The number of ether oxygens (including phenoxy) is 1. The van der Waals surface area contributed by atoms with E-state index in [9.17, 15) is 4.79 Å². The normalized spacial score (nSPS) is 11.6. The molecule has 0 unspecified atom stereocenters. The SMILES string of the molecule is Cc1cccc(C)c1-n1nnnc1CSc1nc2cc(Cl)ccc2c(=O)n1CCCOC(C)C. The second-order valence-corrected chi connectivity index (χ2v) is 9.70. The fourth-order valence-electron chi connectivity index (χ4n) is 3.76. The Morgan fingerprint density at radius 1 is 1.15 bits per heavy atom. The molecule has 0 saturated heterocycles. The van der Waals surface area contributed by atoms with Gasteiger partial charge in [-0.15, -0.1) is 5.10 Å². The van der Waals surface area contributed by atoms with Gasteiger partial charge in [-0.1, -0.05) is 41.6 Å². The van der Waals surface area contributed by atoms with Gasteiger partial charge in [0.25, 0.3) is 5.56 Å². The van der Waals surface area contributed by atoms with E-state index in [2.05, 4.69) is 15.5 Å². The van der Waals surface area contributed by atoms with Crippen molar-refractivity contribution in [1.82, 2.24) is 29.8 Å². The lowest BCUT2D eigenvalue weighted by atomic mass is 10.1. The van der Waals surface area contributed by atoms with Crippen LogP contribution in [-0.4, -0.2) is 42.5 Å². The molecule has 0 aliphatic carbocycles. The monoisotopic (exact) mass is 498 g/mol. The van der Waals surface area contributed by atoms with E-state index in [1.165, 1.54) is 11.8 Å². The minimum atomic E-state index is -0.0944. The Morgan fingerprint density at radius 2 is 1.91 bits per heavy atom. The number of halogens is 1. The molecule has 0 spiro atoms. The average molecular weight is 499 g/mol. The van der Waals surface area contributed by atoms with Crippen LogP contribution in [-0.2, 0) is 17.0 Å². The number of aromatic nitrogens is 6. The minimum absolute atomic E-state index is 0.0944. The number of benzene rings is 2. The van der Waals surface area contributed by atoms with Gasteiger partial charge >= 0.3 is 0 Å². The zero-order valence-corrected chi connectivity index (χ0v) is 21.2. The van der Waals surface area contributed by atoms with Gasteiger partial charge in [0.1, 0.15) is 0 Å². The van der Waals surface area contributed by atoms with Gasteiger partial charge in [0.2, 0.25) is 0 Å². The van der Waals surface area contributed by atoms with Crippen molar-refractivity contribution in [3.8, 4) is 5.69 Å². The van der Waals surface area contributed by atoms with Crippen LogP contribution in [0.15, 0.2) is 46.3 Å². The van der Waals surface area contributed by atoms with Crippen molar-refractivity contribution >= 4 is 34.3 Å². The number of thioether (sulfide) groups is 1. The zero-order valence-electron chi connectivity index (χ0n) is 19.7. The summed E-state index contributed by atoms with van der Waals surface area (Å²) in [5.41, 5.74) is 3.61. The van der Waals surface area contributed by atoms with Crippen LogP contribution in [0.5, 0.6) is 0 Å². The maximum Gasteiger partial charge on any atom is 0.262 e. The molecule has 0 aliphatic rings. The Kier molecular flexibility index (Phi) is 7.65. The highest BCUT2D eigenvalue weighted by Gasteiger charge is 2.17. The van der Waals surface area contributed by atoms with Crippen molar-refractivity contribution in [2.24, 2.45) is 0 Å². The summed E-state index contributed by atoms with van der Waals surface area (Å²) in [4.78, 5) is 18.1. The number of tetrazole rings is 1. The molecule has 0 atom stereocenters. The Balaban J connectivity index is 1.66. The Labute approximate surface area is 207 Å². The number of hydrogen-bond acceptors (Lipinski definition) is 7. The minimum Gasteiger partial charge on any atom is -0.379 e. The van der Waals surface area contributed by atoms with Crippen LogP contribution in [0.2, 0.25) is 5.02 Å². The predicted molar refractivity (Wildman–Crippen MR) is 135 cm³/mol. The highest BCUT2D eigenvalue weighted by Crippen LogP contribution is 2.25. The highest BCUT2D eigenvalue weighted by molar-refractivity contribution is 7.98. The first-order valence-electron chi connectivity index (χ1n) is 11.1. The molecule has 0 fully saturated rings. The molecule has 4 rings (SSSR count). The van der Waals surface area contributed by atoms with Crippen LogP contribution >= 0.6 is 23.4 Å². The molecule has 34 heavy (non-hydrogen) atoms. The van der Waals surface area contributed by atoms with Crippen molar-refractivity contribution in [3.05, 3.63) is 68.7 Å². The van der Waals surface area contributed by atoms with Crippen LogP contribution in [0.3, 0.4) is 0 Å². The van der Waals surface area contributed by atoms with E-state index in [0.717, 1.165) is 16.8 Å². The van der Waals surface area contributed by atoms with Gasteiger partial charge in [-0.3, -0.25) is 9.36 Å². The molecule has 0 saturated carbocycles. The fraction of sp³-hybridized carbons (Fsp3) is 0.375. The van der Waals surface area contributed by atoms with Crippen molar-refractivity contribution in [2.45, 2.75) is 57.7 Å². The molecule has 0 aliphatic heterocycles. The summed E-state index contributed by atoms with van der Waals surface area (Å²) >= 11 is 7.60. The lowest BCUT2D eigenvalue weighted by molar-refractivity contribution is 0.0743. The van der Waals surface area contributed by atoms with Gasteiger partial charge in [-0.2, -0.15) is 4.68 Å². The predicted octanol–water partition coefficient (Wildman–Crippen LogP) is 4.75. The molecule has 0 N–H and O–H groups in total. The number of fused-ring (bicyclic) bond motifs is 1. The summed E-state index contributed by atoms with van der Waals surface area (Å²) in [5, 5.41) is 14.0. The van der Waals surface area contributed by atoms with Crippen LogP contribution in [0.4, 0.5) is 0 Å². The smallest absolute Gasteiger partial charge is 0.262 e. The van der Waals surface area contributed by atoms with E-state index in [1.54, 1.807) is 27.4 Å². The third-order valence-electron chi connectivity index (χ3n) is 5.38. The van der Waals surface area contributed by atoms with Crippen LogP contribution < -0.4 is 5.56 Å². The second-order valence-electron chi connectivity index (χ2n) is 8.32. The largest absolute Gasteiger partial charge is 0.379 e. The molecule has 0 radical (unpaired) electrons. The lowest BCUT2D eigenvalue weighted by Crippen LogP contribution is -2.24. The molecule has 2 heterocycles. The quantitative estimate of drug-likeness (QED) is 0.187. The van der Waals surface area contributed by atoms with E-state index >= 15 is 0 Å². The van der Waals surface area contributed by atoms with E-state index < -0.39 is 0 Å². The molecule has 10 heteroatoms. The Bertz CT molecular complexity index is 1350. The molecule has 2 aromatic carbocycles. The average Bonchev–Trinajstić information content (AvgIpc) is 3.24. The first-order valence-corrected chi connectivity index (χ1v) is 12.5. The molecular weight excluding hydrogens is 472 g/mol. The number of aryl methyl sites for hydroxylation is 2. The number of hydrogen-bond donors (Lipinski definition) is 0. The van der Waals surface area contributed by atoms with Crippen molar-refractivity contribution in [1.29, 1.82) is 0 Å². The first kappa shape index (κ1) is 24.4. The van der Waals surface area contributed by atoms with Crippen molar-refractivity contribution in [2.75, 3.05) is 6.61 Å². The van der Waals surface area contributed by atoms with E-state index in [4.69, 9.17) is 21.3 Å². The van der Waals surface area contributed by atoms with Crippen molar-refractivity contribution < 1.29 is 4.74 Å². The van der Waals surface area contributed by atoms with E-state index in [-0.39, 0.29) is 11.7 Å². The zero-order chi connectivity index (χ0) is 24.2. The summed E-state index contributed by atoms with van der Waals surface area (Å²) in [7, 11) is 0. The fourth-order valence-corrected chi connectivity index (χ4v) is 4.86. The van der Waals surface area contributed by atoms with Crippen molar-refractivity contribution in [3.63, 3.8) is 0 Å². The Morgan fingerprint density at radius 3 is 2.65 bits per heavy atom. The van der Waals surface area contributed by atoms with Gasteiger partial charge in [-0.05, 0) is 73.9 Å². The third-order valence-corrected chi connectivity index (χ3v) is 6.58. The summed E-state index contributed by atoms with van der Waals surface area (Å²) < 4.78 is 9.13. The lowest BCUT2D eigenvalue weighted by Gasteiger charge is -2.14. The summed E-state index contributed by atoms with van der Waals surface area (Å²) in [6.45, 7) is 9.13. The molecule has 178 valence electrons. The van der Waals surface area contributed by atoms with Gasteiger partial charge in [0.05, 0.1) is 28.4 Å². The third kappa shape index (κ3) is 5.32. The maximum absolute atomic E-state index is 13.3. The molecule has 0 amide bonds. The number of nitrogens with zero attached hydrogens (tertiary/aromatic N) is 6. The van der Waals surface area contributed by atoms with Crippen LogP contribution in [0.1, 0.15) is 37.2 Å². The van der Waals surface area contributed by atoms with E-state index in [0.29, 0.717) is 52.2 Å². The summed E-state index contributed by atoms with van der Waals surface area (Å²) in [6.07, 6.45) is 0.846. The molecular formula is C24H27ClN6O2S. The summed E-state index contributed by atoms with van der Waals surface area (Å²) in [5.74, 6) is 1.12. The number of para-hydroxylation sites is 1. The first-order chi connectivity index (χ1) is 16.3. The van der Waals surface area contributed by atoms with Gasteiger partial charge in [0, 0.05) is 18.2 Å². The van der Waals surface area contributed by atoms with Crippen LogP contribution in [0.25, 0.3) is 16.6 Å². The maximum atomic E-state index is 13.3. The highest BCUT2D eigenvalue weighted by atomic mass is 35.5. The van der Waals surface area contributed by atoms with E-state index in [1.807, 2.05) is 45.9 Å².